The van der Waals surface area contributed by atoms with Crippen LogP contribution in [-0.4, -0.2) is 10.3 Å². The van der Waals surface area contributed by atoms with Gasteiger partial charge >= 0.3 is 0 Å². The molecule has 0 aliphatic rings. The smallest absolute Gasteiger partial charge is 0.234 e. The molecule has 0 aliphatic heterocycles. The van der Waals surface area contributed by atoms with E-state index < -0.39 is 0 Å². The first-order valence-corrected chi connectivity index (χ1v) is 6.24. The van der Waals surface area contributed by atoms with Crippen LogP contribution in [0.25, 0.3) is 0 Å². The van der Waals surface area contributed by atoms with Gasteiger partial charge in [0.1, 0.15) is 0 Å². The third kappa shape index (κ3) is 3.29. The molecule has 0 radical (unpaired) electrons. The highest BCUT2D eigenvalue weighted by molar-refractivity contribution is 14.1. The van der Waals surface area contributed by atoms with Gasteiger partial charge in [-0.25, -0.2) is 0 Å². The number of halogens is 1. The van der Waals surface area contributed by atoms with E-state index >= 15 is 0 Å². The number of benzene rings is 1. The normalized spacial score (nSPS) is 9.86. The minimum atomic E-state index is 0.0640. The van der Waals surface area contributed by atoms with Gasteiger partial charge in [0.25, 0.3) is 0 Å². The Morgan fingerprint density at radius 1 is 1.43 bits per heavy atom. The molecule has 0 saturated carbocycles. The lowest BCUT2D eigenvalue weighted by atomic mass is 10.1. The molecule has 1 aromatic rings. The summed E-state index contributed by atoms with van der Waals surface area (Å²) in [5.74, 6) is 0.0640. The number of anilines is 1. The van der Waals surface area contributed by atoms with Gasteiger partial charge in [-0.3, -0.25) is 4.79 Å². The summed E-state index contributed by atoms with van der Waals surface area (Å²) in [6, 6.07) is 7.97. The molecule has 0 bridgehead atoms. The maximum atomic E-state index is 11.2. The number of hydrogen-bond acceptors (Lipinski definition) is 1. The van der Waals surface area contributed by atoms with Crippen LogP contribution in [0.15, 0.2) is 24.3 Å². The van der Waals surface area contributed by atoms with Crippen LogP contribution in [0.4, 0.5) is 5.69 Å². The molecule has 0 atom stereocenters. The van der Waals surface area contributed by atoms with Gasteiger partial charge in [0.05, 0.1) is 4.43 Å². The number of rotatable bonds is 4. The second kappa shape index (κ2) is 6.01. The lowest BCUT2D eigenvalue weighted by Gasteiger charge is -2.08. The number of amides is 1. The average molecular weight is 303 g/mol. The maximum Gasteiger partial charge on any atom is 0.234 e. The number of hydrogen-bond donors (Lipinski definition) is 1. The summed E-state index contributed by atoms with van der Waals surface area (Å²) in [5.41, 5.74) is 2.17. The highest BCUT2D eigenvalue weighted by atomic mass is 127. The van der Waals surface area contributed by atoms with Crippen molar-refractivity contribution in [3.05, 3.63) is 29.8 Å². The molecule has 1 amide bonds. The first kappa shape index (κ1) is 11.5. The van der Waals surface area contributed by atoms with Gasteiger partial charge in [-0.05, 0) is 18.1 Å². The summed E-state index contributed by atoms with van der Waals surface area (Å²) < 4.78 is 0.498. The number of carbonyl (C=O) groups is 1. The Morgan fingerprint density at radius 2 is 2.14 bits per heavy atom. The van der Waals surface area contributed by atoms with Gasteiger partial charge in [0.15, 0.2) is 0 Å². The molecule has 14 heavy (non-hydrogen) atoms. The topological polar surface area (TPSA) is 29.1 Å². The van der Waals surface area contributed by atoms with E-state index in [9.17, 15) is 4.79 Å². The molecule has 0 aliphatic carbocycles. The number of carbonyl (C=O) groups excluding carboxylic acids is 1. The van der Waals surface area contributed by atoms with Crippen LogP contribution >= 0.6 is 22.6 Å². The fourth-order valence-electron chi connectivity index (χ4n) is 1.31. The molecule has 1 rings (SSSR count). The van der Waals surface area contributed by atoms with Crippen LogP contribution in [0.3, 0.4) is 0 Å². The predicted octanol–water partition coefficient (Wildman–Crippen LogP) is 3.01. The highest BCUT2D eigenvalue weighted by Gasteiger charge is 2.03. The molecule has 2 nitrogen and oxygen atoms in total. The van der Waals surface area contributed by atoms with Crippen LogP contribution in [0, 0.1) is 0 Å². The number of aryl methyl sites for hydroxylation is 1. The zero-order chi connectivity index (χ0) is 10.4. The first-order chi connectivity index (χ1) is 6.77. The van der Waals surface area contributed by atoms with Gasteiger partial charge in [-0.1, -0.05) is 54.1 Å². The Morgan fingerprint density at radius 3 is 2.79 bits per heavy atom. The van der Waals surface area contributed by atoms with E-state index in [1.807, 2.05) is 18.2 Å². The van der Waals surface area contributed by atoms with Crippen LogP contribution < -0.4 is 5.32 Å². The van der Waals surface area contributed by atoms with Gasteiger partial charge in [-0.2, -0.15) is 0 Å². The fraction of sp³-hybridized carbons (Fsp3) is 0.364. The summed E-state index contributed by atoms with van der Waals surface area (Å²) in [5, 5.41) is 2.90. The Kier molecular flexibility index (Phi) is 4.93. The number of nitrogens with one attached hydrogen (secondary N) is 1. The lowest BCUT2D eigenvalue weighted by Crippen LogP contribution is -2.13. The summed E-state index contributed by atoms with van der Waals surface area (Å²) in [6.45, 7) is 2.14. The van der Waals surface area contributed by atoms with E-state index in [2.05, 4.69) is 40.9 Å². The van der Waals surface area contributed by atoms with Crippen LogP contribution in [-0.2, 0) is 11.2 Å². The molecule has 0 fully saturated rings. The van der Waals surface area contributed by atoms with Gasteiger partial charge in [-0.15, -0.1) is 0 Å². The molecule has 3 heteroatoms. The molecule has 0 saturated heterocycles. The van der Waals surface area contributed by atoms with Crippen molar-refractivity contribution in [2.45, 2.75) is 19.8 Å². The van der Waals surface area contributed by atoms with E-state index in [0.717, 1.165) is 18.5 Å². The minimum absolute atomic E-state index is 0.0640. The van der Waals surface area contributed by atoms with Gasteiger partial charge in [0.2, 0.25) is 5.91 Å². The standard InChI is InChI=1S/C11H14INO/c1-2-5-9-6-3-4-7-10(9)13-11(14)8-12/h3-4,6-7H,2,5,8H2,1H3,(H,13,14). The molecular formula is C11H14INO. The van der Waals surface area contributed by atoms with E-state index in [0.29, 0.717) is 4.43 Å². The minimum Gasteiger partial charge on any atom is -0.325 e. The molecule has 1 aromatic carbocycles. The van der Waals surface area contributed by atoms with E-state index in [1.165, 1.54) is 5.56 Å². The molecular weight excluding hydrogens is 289 g/mol. The Hall–Kier alpha value is -0.580. The maximum absolute atomic E-state index is 11.2. The zero-order valence-electron chi connectivity index (χ0n) is 8.22. The number of alkyl halides is 1. The molecule has 76 valence electrons. The first-order valence-electron chi connectivity index (χ1n) is 4.71. The van der Waals surface area contributed by atoms with Crippen LogP contribution in [0.5, 0.6) is 0 Å². The molecule has 0 unspecified atom stereocenters. The van der Waals surface area contributed by atoms with Gasteiger partial charge in [0, 0.05) is 5.69 Å². The van der Waals surface area contributed by atoms with Crippen molar-refractivity contribution in [3.8, 4) is 0 Å². The van der Waals surface area contributed by atoms with Crippen molar-refractivity contribution in [1.82, 2.24) is 0 Å². The summed E-state index contributed by atoms with van der Waals surface area (Å²) in [6.07, 6.45) is 2.11. The van der Waals surface area contributed by atoms with E-state index in [4.69, 9.17) is 0 Å². The van der Waals surface area contributed by atoms with Crippen LogP contribution in [0.2, 0.25) is 0 Å². The quantitative estimate of drug-likeness (QED) is 0.672. The van der Waals surface area contributed by atoms with Crippen molar-refractivity contribution in [1.29, 1.82) is 0 Å². The second-order valence-electron chi connectivity index (χ2n) is 3.09. The Labute approximate surface area is 98.2 Å². The summed E-state index contributed by atoms with van der Waals surface area (Å²) in [7, 11) is 0. The molecule has 0 aromatic heterocycles. The summed E-state index contributed by atoms with van der Waals surface area (Å²) >= 11 is 2.06. The lowest BCUT2D eigenvalue weighted by molar-refractivity contribution is -0.113. The second-order valence-corrected chi connectivity index (χ2v) is 3.85. The molecule has 1 N–H and O–H groups in total. The Bertz CT molecular complexity index is 312. The highest BCUT2D eigenvalue weighted by Crippen LogP contribution is 2.16. The largest absolute Gasteiger partial charge is 0.325 e. The molecule has 0 spiro atoms. The van der Waals surface area contributed by atoms with Crippen molar-refractivity contribution in [3.63, 3.8) is 0 Å². The van der Waals surface area contributed by atoms with Gasteiger partial charge < -0.3 is 5.32 Å². The SMILES string of the molecule is CCCc1ccccc1NC(=O)CI. The fourth-order valence-corrected chi connectivity index (χ4v) is 1.50. The van der Waals surface area contributed by atoms with Crippen LogP contribution in [0.1, 0.15) is 18.9 Å². The molecule has 0 heterocycles. The van der Waals surface area contributed by atoms with Crippen molar-refractivity contribution in [2.75, 3.05) is 9.74 Å². The predicted molar refractivity (Wildman–Crippen MR) is 68.0 cm³/mol. The zero-order valence-corrected chi connectivity index (χ0v) is 10.4. The van der Waals surface area contributed by atoms with Crippen molar-refractivity contribution >= 4 is 34.2 Å². The van der Waals surface area contributed by atoms with Crippen molar-refractivity contribution < 1.29 is 4.79 Å². The third-order valence-electron chi connectivity index (χ3n) is 1.93. The van der Waals surface area contributed by atoms with Crippen molar-refractivity contribution in [2.24, 2.45) is 0 Å². The Balaban J connectivity index is 2.78. The monoisotopic (exact) mass is 303 g/mol. The number of para-hydroxylation sites is 1. The van der Waals surface area contributed by atoms with E-state index in [-0.39, 0.29) is 5.91 Å². The summed E-state index contributed by atoms with van der Waals surface area (Å²) in [4.78, 5) is 11.2. The third-order valence-corrected chi connectivity index (χ3v) is 2.62. The average Bonchev–Trinajstić information content (AvgIpc) is 2.21. The van der Waals surface area contributed by atoms with E-state index in [1.54, 1.807) is 0 Å².